The van der Waals surface area contributed by atoms with E-state index in [1.165, 1.54) is 44.2 Å². The SMILES string of the molecule is c1ccc(N(c2ccccc2)c2cc3c4c(c2)N(c2ccccc2)c2ccccc2B4c2cc4c(cc2O3)Oc2cc3c5c6c2B4c2ccccc2N6c2ccccc2B5c2ccccc2O3)cc1. The van der Waals surface area contributed by atoms with E-state index < -0.39 is 0 Å². The Balaban J connectivity index is 0.941. The number of rotatable bonds is 4. The zero-order valence-electron chi connectivity index (χ0n) is 37.1. The second-order valence-corrected chi connectivity index (χ2v) is 18.7. The van der Waals surface area contributed by atoms with Crippen molar-refractivity contribution in [3.05, 3.63) is 218 Å². The van der Waals surface area contributed by atoms with Crippen LogP contribution in [0, 0.1) is 0 Å². The van der Waals surface area contributed by atoms with Crippen molar-refractivity contribution in [2.75, 3.05) is 14.7 Å². The van der Waals surface area contributed by atoms with E-state index in [9.17, 15) is 0 Å². The monoisotopic (exact) mass is 879 g/mol. The van der Waals surface area contributed by atoms with Crippen molar-refractivity contribution < 1.29 is 14.2 Å². The maximum absolute atomic E-state index is 7.36. The molecule has 0 atom stereocenters. The number of ether oxygens (including phenoxy) is 3. The fourth-order valence-corrected chi connectivity index (χ4v) is 12.5. The van der Waals surface area contributed by atoms with Crippen molar-refractivity contribution in [1.82, 2.24) is 0 Å². The van der Waals surface area contributed by atoms with Gasteiger partial charge in [0.15, 0.2) is 0 Å². The Hall–Kier alpha value is -8.81. The smallest absolute Gasteiger partial charge is 0.256 e. The Labute approximate surface area is 400 Å². The van der Waals surface area contributed by atoms with Gasteiger partial charge in [-0.2, -0.15) is 0 Å². The highest BCUT2D eigenvalue weighted by Crippen LogP contribution is 2.49. The summed E-state index contributed by atoms with van der Waals surface area (Å²) < 4.78 is 21.5. The average Bonchev–Trinajstić information content (AvgIpc) is 3.40. The molecule has 0 unspecified atom stereocenters. The van der Waals surface area contributed by atoms with Gasteiger partial charge in [0.1, 0.15) is 34.5 Å². The Morgan fingerprint density at radius 1 is 0.290 bits per heavy atom. The van der Waals surface area contributed by atoms with Crippen LogP contribution in [0.2, 0.25) is 0 Å². The number of nitrogens with zero attached hydrogens (tertiary/aromatic N) is 3. The van der Waals surface area contributed by atoms with Gasteiger partial charge < -0.3 is 28.9 Å². The predicted molar refractivity (Wildman–Crippen MR) is 284 cm³/mol. The van der Waals surface area contributed by atoms with Crippen LogP contribution >= 0.6 is 0 Å². The molecule has 6 aliphatic rings. The van der Waals surface area contributed by atoms with Crippen LogP contribution < -0.4 is 78.1 Å². The lowest BCUT2D eigenvalue weighted by Gasteiger charge is -2.47. The van der Waals surface area contributed by atoms with Crippen molar-refractivity contribution in [2.24, 2.45) is 0 Å². The predicted octanol–water partition coefficient (Wildman–Crippen LogP) is 8.90. The van der Waals surface area contributed by atoms with Crippen LogP contribution in [-0.4, -0.2) is 20.1 Å². The maximum atomic E-state index is 7.36. The highest BCUT2D eigenvalue weighted by atomic mass is 16.5. The van der Waals surface area contributed by atoms with Crippen LogP contribution in [-0.2, 0) is 0 Å². The van der Waals surface area contributed by atoms with Gasteiger partial charge in [-0.1, -0.05) is 133 Å². The summed E-state index contributed by atoms with van der Waals surface area (Å²) in [7, 11) is 0. The Bertz CT molecular complexity index is 3790. The van der Waals surface area contributed by atoms with Gasteiger partial charge >= 0.3 is 0 Å². The van der Waals surface area contributed by atoms with Crippen LogP contribution in [0.4, 0.5) is 51.2 Å². The average molecular weight is 879 g/mol. The molecule has 0 radical (unpaired) electrons. The topological polar surface area (TPSA) is 37.4 Å². The van der Waals surface area contributed by atoms with E-state index in [0.29, 0.717) is 0 Å². The molecule has 0 fully saturated rings. The molecule has 0 saturated carbocycles. The van der Waals surface area contributed by atoms with Crippen LogP contribution in [0.5, 0.6) is 34.5 Å². The third-order valence-electron chi connectivity index (χ3n) is 15.2. The molecule has 318 valence electrons. The van der Waals surface area contributed by atoms with E-state index in [1.54, 1.807) is 0 Å². The molecule has 0 spiro atoms. The number of anilines is 9. The minimum Gasteiger partial charge on any atom is -0.458 e. The number of hydrogen-bond donors (Lipinski definition) is 0. The van der Waals surface area contributed by atoms with Crippen molar-refractivity contribution in [3.8, 4) is 34.5 Å². The normalized spacial score (nSPS) is 14.0. The van der Waals surface area contributed by atoms with Gasteiger partial charge in [0.25, 0.3) is 20.1 Å². The van der Waals surface area contributed by atoms with E-state index in [-0.39, 0.29) is 20.1 Å². The molecule has 10 aromatic carbocycles. The quantitative estimate of drug-likeness (QED) is 0.165. The standard InChI is InChI=1S/C60H36B3N3O3/c1-4-18-37(19-5-1)64(38-20-6-2-7-21-38)40-32-50-57-54(33-40)68-52-35-53-46(34-45(52)62(57)41-24-10-14-28-47(41)65(50)39-22-8-3-9-23-39)63-43-26-12-16-30-49(43)66-48-29-15-11-25-42(48)61-44-27-13-17-31-51(44)67-55-36-56(69-53)59(63)60(66)58(55)61/h1-36H. The zero-order valence-corrected chi connectivity index (χ0v) is 37.1. The lowest BCUT2D eigenvalue weighted by Crippen LogP contribution is -2.67. The molecule has 10 aromatic rings. The van der Waals surface area contributed by atoms with E-state index in [4.69, 9.17) is 14.2 Å². The molecule has 0 bridgehead atoms. The first kappa shape index (κ1) is 37.3. The van der Waals surface area contributed by atoms with Gasteiger partial charge in [-0.05, 0) is 116 Å². The van der Waals surface area contributed by atoms with Gasteiger partial charge in [0.05, 0.1) is 5.69 Å². The van der Waals surface area contributed by atoms with E-state index in [1.807, 2.05) is 0 Å². The minimum atomic E-state index is -0.129. The van der Waals surface area contributed by atoms with Crippen molar-refractivity contribution in [3.63, 3.8) is 0 Å². The van der Waals surface area contributed by atoms with E-state index >= 15 is 0 Å². The summed E-state index contributed by atoms with van der Waals surface area (Å²) in [5.74, 6) is 4.91. The van der Waals surface area contributed by atoms with Gasteiger partial charge in [-0.3, -0.25) is 0 Å². The Kier molecular flexibility index (Phi) is 7.50. The largest absolute Gasteiger partial charge is 0.458 e. The van der Waals surface area contributed by atoms with Crippen molar-refractivity contribution in [2.45, 2.75) is 0 Å². The molecule has 0 aliphatic carbocycles. The van der Waals surface area contributed by atoms with Gasteiger partial charge in [0.2, 0.25) is 0 Å². The fraction of sp³-hybridized carbons (Fsp3) is 0. The van der Waals surface area contributed by atoms with E-state index in [2.05, 4.69) is 233 Å². The van der Waals surface area contributed by atoms with Crippen LogP contribution in [0.25, 0.3) is 0 Å². The van der Waals surface area contributed by atoms with Crippen LogP contribution in [0.15, 0.2) is 218 Å². The molecule has 0 amide bonds. The Morgan fingerprint density at radius 3 is 1.32 bits per heavy atom. The number of benzene rings is 10. The summed E-state index contributed by atoms with van der Waals surface area (Å²) in [6, 6.07) is 78.5. The molecule has 6 aliphatic heterocycles. The van der Waals surface area contributed by atoms with Gasteiger partial charge in [0, 0.05) is 63.7 Å². The van der Waals surface area contributed by atoms with Crippen molar-refractivity contribution in [1.29, 1.82) is 0 Å². The van der Waals surface area contributed by atoms with Crippen molar-refractivity contribution >= 4 is 120 Å². The fourth-order valence-electron chi connectivity index (χ4n) is 12.5. The summed E-state index contributed by atoms with van der Waals surface area (Å²) in [6.45, 7) is -0.234. The lowest BCUT2D eigenvalue weighted by atomic mass is 9.28. The molecular formula is C60H36B3N3O3. The summed E-state index contributed by atoms with van der Waals surface area (Å²) in [6.07, 6.45) is 0. The van der Waals surface area contributed by atoms with Crippen LogP contribution in [0.3, 0.4) is 0 Å². The maximum Gasteiger partial charge on any atom is 0.256 e. The molecule has 16 rings (SSSR count). The first-order valence-electron chi connectivity index (χ1n) is 23.8. The van der Waals surface area contributed by atoms with Crippen LogP contribution in [0.1, 0.15) is 0 Å². The number of para-hydroxylation sites is 7. The summed E-state index contributed by atoms with van der Waals surface area (Å²) in [5.41, 5.74) is 20.6. The summed E-state index contributed by atoms with van der Waals surface area (Å²) in [4.78, 5) is 7.22. The molecule has 6 heterocycles. The lowest BCUT2D eigenvalue weighted by molar-refractivity contribution is 0.457. The summed E-state index contributed by atoms with van der Waals surface area (Å²) in [5, 5.41) is 0. The van der Waals surface area contributed by atoms with E-state index in [0.717, 1.165) is 90.7 Å². The third kappa shape index (κ3) is 5.08. The second kappa shape index (κ2) is 13.9. The molecule has 0 aromatic heterocycles. The first-order chi connectivity index (χ1) is 34.2. The Morgan fingerprint density at radius 2 is 0.725 bits per heavy atom. The molecular weight excluding hydrogens is 843 g/mol. The highest BCUT2D eigenvalue weighted by Gasteiger charge is 2.51. The van der Waals surface area contributed by atoms with Gasteiger partial charge in [-0.25, -0.2) is 0 Å². The number of fused-ring (bicyclic) bond motifs is 14. The molecule has 6 nitrogen and oxygen atoms in total. The number of hydrogen-bond acceptors (Lipinski definition) is 6. The molecule has 0 N–H and O–H groups in total. The highest BCUT2D eigenvalue weighted by molar-refractivity contribution is 7.04. The minimum absolute atomic E-state index is 0.00719. The molecule has 69 heavy (non-hydrogen) atoms. The zero-order chi connectivity index (χ0) is 44.9. The molecule has 9 heteroatoms. The first-order valence-corrected chi connectivity index (χ1v) is 23.8. The molecule has 0 saturated heterocycles. The third-order valence-corrected chi connectivity index (χ3v) is 15.2. The summed E-state index contributed by atoms with van der Waals surface area (Å²) >= 11 is 0. The van der Waals surface area contributed by atoms with Gasteiger partial charge in [-0.15, -0.1) is 0 Å². The second-order valence-electron chi connectivity index (χ2n) is 18.7.